The fourth-order valence-corrected chi connectivity index (χ4v) is 3.33. The van der Waals surface area contributed by atoms with Gasteiger partial charge in [-0.25, -0.2) is 4.39 Å². The molecule has 2 aliphatic heterocycles. The third kappa shape index (κ3) is 3.29. The molecule has 1 saturated heterocycles. The Labute approximate surface area is 150 Å². The van der Waals surface area contributed by atoms with Gasteiger partial charge in [-0.2, -0.15) is 0 Å². The summed E-state index contributed by atoms with van der Waals surface area (Å²) in [5, 5.41) is 11.9. The molecule has 7 heteroatoms. The second-order valence-electron chi connectivity index (χ2n) is 6.51. The molecule has 3 N–H and O–H groups in total. The molecule has 3 heterocycles. The summed E-state index contributed by atoms with van der Waals surface area (Å²) in [6, 6.07) is 4.77. The van der Waals surface area contributed by atoms with E-state index in [1.807, 2.05) is 12.3 Å². The number of fused-ring (bicyclic) bond motifs is 1. The Bertz CT molecular complexity index is 869. The molecule has 2 aliphatic rings. The van der Waals surface area contributed by atoms with E-state index in [1.54, 1.807) is 6.08 Å². The van der Waals surface area contributed by atoms with Gasteiger partial charge in [0.05, 0.1) is 31.1 Å². The van der Waals surface area contributed by atoms with Gasteiger partial charge in [0.25, 0.3) is 5.91 Å². The van der Waals surface area contributed by atoms with Crippen molar-refractivity contribution in [2.45, 2.75) is 13.2 Å². The van der Waals surface area contributed by atoms with Crippen LogP contribution >= 0.6 is 0 Å². The Balaban J connectivity index is 1.58. The van der Waals surface area contributed by atoms with Crippen molar-refractivity contribution in [3.8, 4) is 0 Å². The minimum atomic E-state index is -0.527. The quantitative estimate of drug-likeness (QED) is 0.731. The van der Waals surface area contributed by atoms with Crippen molar-refractivity contribution in [3.05, 3.63) is 52.6 Å². The van der Waals surface area contributed by atoms with Crippen LogP contribution in [0, 0.1) is 5.82 Å². The molecule has 1 amide bonds. The molecule has 0 spiro atoms. The number of ether oxygens (including phenoxy) is 1. The topological polar surface area (TPSA) is 77.6 Å². The van der Waals surface area contributed by atoms with Gasteiger partial charge in [-0.05, 0) is 29.8 Å². The number of aromatic amines is 1. The van der Waals surface area contributed by atoms with Gasteiger partial charge in [-0.1, -0.05) is 0 Å². The average molecular weight is 357 g/mol. The first kappa shape index (κ1) is 17.0. The number of nitrogens with zero attached hydrogens (tertiary/aromatic N) is 1. The molecule has 1 aromatic carbocycles. The van der Waals surface area contributed by atoms with E-state index in [2.05, 4.69) is 15.2 Å². The summed E-state index contributed by atoms with van der Waals surface area (Å²) >= 11 is 0. The summed E-state index contributed by atoms with van der Waals surface area (Å²) in [5.41, 5.74) is 3.59. The number of carbonyl (C=O) groups is 1. The summed E-state index contributed by atoms with van der Waals surface area (Å²) in [5.74, 6) is -0.806. The minimum absolute atomic E-state index is 0.172. The zero-order chi connectivity index (χ0) is 18.1. The van der Waals surface area contributed by atoms with Gasteiger partial charge in [0.15, 0.2) is 0 Å². The third-order valence-electron chi connectivity index (χ3n) is 4.71. The number of morpholine rings is 1. The van der Waals surface area contributed by atoms with E-state index in [9.17, 15) is 14.3 Å². The number of halogens is 1. The first-order chi connectivity index (χ1) is 12.6. The van der Waals surface area contributed by atoms with Crippen LogP contribution in [0.25, 0.3) is 11.6 Å². The number of hydrogen-bond acceptors (Lipinski definition) is 4. The molecule has 1 aromatic heterocycles. The molecule has 2 aromatic rings. The van der Waals surface area contributed by atoms with E-state index in [-0.39, 0.29) is 11.5 Å². The predicted molar refractivity (Wildman–Crippen MR) is 95.7 cm³/mol. The van der Waals surface area contributed by atoms with E-state index in [0.29, 0.717) is 16.8 Å². The molecule has 0 aliphatic carbocycles. The molecule has 0 atom stereocenters. The molecule has 0 saturated carbocycles. The lowest BCUT2D eigenvalue weighted by atomic mass is 10.0. The summed E-state index contributed by atoms with van der Waals surface area (Å²) < 4.78 is 19.2. The van der Waals surface area contributed by atoms with Crippen molar-refractivity contribution >= 4 is 23.2 Å². The third-order valence-corrected chi connectivity index (χ3v) is 4.71. The molecule has 1 fully saturated rings. The minimum Gasteiger partial charge on any atom is -0.392 e. The summed E-state index contributed by atoms with van der Waals surface area (Å²) in [7, 11) is 0. The van der Waals surface area contributed by atoms with Crippen LogP contribution in [0.2, 0.25) is 0 Å². The number of H-pyrrole nitrogens is 1. The van der Waals surface area contributed by atoms with Crippen molar-refractivity contribution in [2.75, 3.05) is 31.6 Å². The lowest BCUT2D eigenvalue weighted by molar-refractivity contribution is -0.110. The molecule has 0 radical (unpaired) electrons. The van der Waals surface area contributed by atoms with Crippen LogP contribution in [0.5, 0.6) is 0 Å². The first-order valence-corrected chi connectivity index (χ1v) is 8.58. The van der Waals surface area contributed by atoms with Crippen molar-refractivity contribution in [1.29, 1.82) is 0 Å². The van der Waals surface area contributed by atoms with Gasteiger partial charge in [0, 0.05) is 42.7 Å². The number of anilines is 1. The number of aliphatic hydroxyl groups excluding tert-OH is 1. The molecule has 6 nitrogen and oxygen atoms in total. The first-order valence-electron chi connectivity index (χ1n) is 8.58. The number of carbonyl (C=O) groups excluding carboxylic acids is 1. The standard InChI is InChI=1S/C19H20FN3O3/c20-17-8-18-15(6-13(17)11-24)16(19(25)22-18)7-14-5-12(9-21-14)10-23-1-3-26-4-2-23/h5-9,21,24H,1-4,10-11H2,(H,22,25)/b16-7-. The van der Waals surface area contributed by atoms with E-state index < -0.39 is 12.4 Å². The number of rotatable bonds is 4. The maximum atomic E-state index is 13.8. The zero-order valence-corrected chi connectivity index (χ0v) is 14.2. The highest BCUT2D eigenvalue weighted by Gasteiger charge is 2.26. The highest BCUT2D eigenvalue weighted by molar-refractivity contribution is 6.34. The fourth-order valence-electron chi connectivity index (χ4n) is 3.33. The van der Waals surface area contributed by atoms with Crippen LogP contribution in [0.4, 0.5) is 10.1 Å². The van der Waals surface area contributed by atoms with E-state index in [4.69, 9.17) is 4.74 Å². The number of aliphatic hydroxyl groups is 1. The van der Waals surface area contributed by atoms with Gasteiger partial charge in [0.2, 0.25) is 0 Å². The fraction of sp³-hybridized carbons (Fsp3) is 0.316. The summed E-state index contributed by atoms with van der Waals surface area (Å²) in [6.45, 7) is 3.74. The molecule has 26 heavy (non-hydrogen) atoms. The van der Waals surface area contributed by atoms with Crippen LogP contribution in [0.15, 0.2) is 24.4 Å². The van der Waals surface area contributed by atoms with E-state index >= 15 is 0 Å². The predicted octanol–water partition coefficient (Wildman–Crippen LogP) is 1.97. The van der Waals surface area contributed by atoms with Crippen LogP contribution in [0.3, 0.4) is 0 Å². The highest BCUT2D eigenvalue weighted by atomic mass is 19.1. The second-order valence-corrected chi connectivity index (χ2v) is 6.51. The molecule has 4 rings (SSSR count). The van der Waals surface area contributed by atoms with Crippen molar-refractivity contribution in [1.82, 2.24) is 9.88 Å². The molecular formula is C19H20FN3O3. The number of aromatic nitrogens is 1. The van der Waals surface area contributed by atoms with Gasteiger partial charge >= 0.3 is 0 Å². The second kappa shape index (κ2) is 7.03. The average Bonchev–Trinajstić information content (AvgIpc) is 3.19. The normalized spacial score (nSPS) is 19.0. The van der Waals surface area contributed by atoms with Gasteiger partial charge in [-0.15, -0.1) is 0 Å². The lowest BCUT2D eigenvalue weighted by Crippen LogP contribution is -2.35. The lowest BCUT2D eigenvalue weighted by Gasteiger charge is -2.25. The van der Waals surface area contributed by atoms with Crippen LogP contribution in [0.1, 0.15) is 22.4 Å². The van der Waals surface area contributed by atoms with Crippen LogP contribution in [-0.4, -0.2) is 47.2 Å². The molecule has 136 valence electrons. The maximum absolute atomic E-state index is 13.8. The van der Waals surface area contributed by atoms with E-state index in [1.165, 1.54) is 12.1 Å². The number of hydrogen-bond donors (Lipinski definition) is 3. The summed E-state index contributed by atoms with van der Waals surface area (Å²) in [4.78, 5) is 17.8. The number of benzene rings is 1. The van der Waals surface area contributed by atoms with Gasteiger partial charge < -0.3 is 20.1 Å². The molecule has 0 unspecified atom stereocenters. The SMILES string of the molecule is O=C1Nc2cc(F)c(CO)cc2/C1=C/c1cc(CN2CCOCC2)c[nH]1. The zero-order valence-electron chi connectivity index (χ0n) is 14.2. The van der Waals surface area contributed by atoms with Crippen molar-refractivity contribution < 1.29 is 19.0 Å². The Kier molecular flexibility index (Phi) is 4.58. The molecular weight excluding hydrogens is 337 g/mol. The Morgan fingerprint density at radius 1 is 1.27 bits per heavy atom. The maximum Gasteiger partial charge on any atom is 0.256 e. The van der Waals surface area contributed by atoms with Crippen LogP contribution in [-0.2, 0) is 22.7 Å². The number of nitrogens with one attached hydrogen (secondary N) is 2. The Morgan fingerprint density at radius 2 is 2.08 bits per heavy atom. The Hall–Kier alpha value is -2.48. The number of amides is 1. The van der Waals surface area contributed by atoms with E-state index in [0.717, 1.165) is 44.1 Å². The van der Waals surface area contributed by atoms with Crippen molar-refractivity contribution in [3.63, 3.8) is 0 Å². The monoisotopic (exact) mass is 357 g/mol. The highest BCUT2D eigenvalue weighted by Crippen LogP contribution is 2.35. The van der Waals surface area contributed by atoms with Crippen molar-refractivity contribution in [2.24, 2.45) is 0 Å². The van der Waals surface area contributed by atoms with Gasteiger partial charge in [0.1, 0.15) is 5.82 Å². The Morgan fingerprint density at radius 3 is 2.85 bits per heavy atom. The largest absolute Gasteiger partial charge is 0.392 e. The molecule has 0 bridgehead atoms. The van der Waals surface area contributed by atoms with Crippen LogP contribution < -0.4 is 5.32 Å². The summed E-state index contributed by atoms with van der Waals surface area (Å²) in [6.07, 6.45) is 3.68. The van der Waals surface area contributed by atoms with Gasteiger partial charge in [-0.3, -0.25) is 9.69 Å². The smallest absolute Gasteiger partial charge is 0.256 e.